The van der Waals surface area contributed by atoms with E-state index in [0.29, 0.717) is 25.3 Å². The number of hydrazone groups is 1. The van der Waals surface area contributed by atoms with Gasteiger partial charge in [0.1, 0.15) is 25.2 Å². The predicted octanol–water partition coefficient (Wildman–Crippen LogP) is 1.59. The van der Waals surface area contributed by atoms with Crippen molar-refractivity contribution in [1.82, 2.24) is 5.43 Å². The van der Waals surface area contributed by atoms with Crippen molar-refractivity contribution >= 4 is 52.1 Å². The van der Waals surface area contributed by atoms with Crippen molar-refractivity contribution in [1.29, 1.82) is 0 Å². The molecule has 2 atom stereocenters. The number of aliphatic hydroxyl groups is 1. The Labute approximate surface area is 219 Å². The molecule has 0 bridgehead atoms. The van der Waals surface area contributed by atoms with Crippen LogP contribution in [0.4, 0.5) is 5.69 Å². The van der Waals surface area contributed by atoms with Gasteiger partial charge in [-0.3, -0.25) is 9.80 Å². The van der Waals surface area contributed by atoms with Crippen LogP contribution in [0.3, 0.4) is 0 Å². The number of quaternary nitrogens is 1. The highest BCUT2D eigenvalue weighted by molar-refractivity contribution is 6.41. The molecule has 2 heterocycles. The SMILES string of the molecule is C[N+]1(NC(=O)C2=NN(c3ccc(Cl)cc3Cl)[C@H](c3ccc(Cl)cc3)[C@@H]2O)CCCCC1.[I-]. The molecule has 0 aliphatic carbocycles. The van der Waals surface area contributed by atoms with Crippen LogP contribution >= 0.6 is 34.8 Å². The summed E-state index contributed by atoms with van der Waals surface area (Å²) in [6, 6.07) is 11.5. The number of hydrogen-bond acceptors (Lipinski definition) is 4. The zero-order valence-corrected chi connectivity index (χ0v) is 21.9. The number of carbonyl (C=O) groups excluding carboxylic acids is 1. The van der Waals surface area contributed by atoms with Crippen molar-refractivity contribution in [2.24, 2.45) is 5.10 Å². The molecule has 0 aromatic heterocycles. The lowest BCUT2D eigenvalue weighted by Crippen LogP contribution is -3.00. The van der Waals surface area contributed by atoms with Crippen LogP contribution < -0.4 is 34.4 Å². The molecule has 32 heavy (non-hydrogen) atoms. The summed E-state index contributed by atoms with van der Waals surface area (Å²) >= 11 is 18.5. The first kappa shape index (κ1) is 25.5. The number of benzene rings is 2. The minimum absolute atomic E-state index is 0. The van der Waals surface area contributed by atoms with Gasteiger partial charge < -0.3 is 29.1 Å². The molecule has 6 nitrogen and oxygen atoms in total. The molecular weight excluding hydrogens is 586 g/mol. The molecule has 2 aromatic carbocycles. The standard InChI is InChI=1S/C22H23Cl3N4O2.HI/c1-29(11-3-2-4-12-29)27-22(31)19-21(30)20(14-5-7-15(23)8-6-14)28(26-19)18-10-9-16(24)13-17(18)25;/h5-10,13,20-21,30H,2-4,11-12H2,1H3;1H/t20-,21-;/m1./s1. The number of piperidine rings is 1. The van der Waals surface area contributed by atoms with Crippen LogP contribution in [0.2, 0.25) is 15.1 Å². The van der Waals surface area contributed by atoms with E-state index in [-0.39, 0.29) is 35.6 Å². The molecule has 10 heteroatoms. The van der Waals surface area contributed by atoms with Crippen LogP contribution in [0.25, 0.3) is 0 Å². The summed E-state index contributed by atoms with van der Waals surface area (Å²) in [5.74, 6) is -0.386. The first-order chi connectivity index (χ1) is 14.8. The Hall–Kier alpha value is -1.10. The molecule has 0 radical (unpaired) electrons. The Morgan fingerprint density at radius 1 is 1.06 bits per heavy atom. The molecule has 2 aliphatic heterocycles. The quantitative estimate of drug-likeness (QED) is 0.409. The molecule has 172 valence electrons. The van der Waals surface area contributed by atoms with E-state index in [2.05, 4.69) is 10.5 Å². The highest BCUT2D eigenvalue weighted by Crippen LogP contribution is 2.40. The predicted molar refractivity (Wildman–Crippen MR) is 124 cm³/mol. The summed E-state index contributed by atoms with van der Waals surface area (Å²) in [6.45, 7) is 1.70. The molecular formula is C22H24Cl3IN4O2. The first-order valence-corrected chi connectivity index (χ1v) is 11.3. The van der Waals surface area contributed by atoms with Crippen LogP contribution in [0.15, 0.2) is 47.6 Å². The van der Waals surface area contributed by atoms with Gasteiger partial charge in [0.15, 0.2) is 5.71 Å². The second-order valence-electron chi connectivity index (χ2n) is 8.21. The van der Waals surface area contributed by atoms with E-state index in [1.165, 1.54) is 0 Å². The maximum atomic E-state index is 13.2. The lowest BCUT2D eigenvalue weighted by atomic mass is 9.98. The molecule has 1 saturated heterocycles. The number of aliphatic hydroxyl groups excluding tert-OH is 1. The van der Waals surface area contributed by atoms with E-state index in [1.807, 2.05) is 19.2 Å². The zero-order chi connectivity index (χ0) is 22.2. The number of nitrogens with zero attached hydrogens (tertiary/aromatic N) is 3. The van der Waals surface area contributed by atoms with Crippen molar-refractivity contribution in [3.63, 3.8) is 0 Å². The van der Waals surface area contributed by atoms with Gasteiger partial charge >= 0.3 is 5.91 Å². The molecule has 1 amide bonds. The summed E-state index contributed by atoms with van der Waals surface area (Å²) in [4.78, 5) is 13.2. The van der Waals surface area contributed by atoms with Crippen molar-refractivity contribution in [3.05, 3.63) is 63.1 Å². The minimum Gasteiger partial charge on any atom is -1.00 e. The fourth-order valence-corrected chi connectivity index (χ4v) is 4.80. The Balaban J connectivity index is 0.00000289. The first-order valence-electron chi connectivity index (χ1n) is 10.2. The number of carbonyl (C=O) groups is 1. The largest absolute Gasteiger partial charge is 1.00 e. The van der Waals surface area contributed by atoms with Gasteiger partial charge in [-0.05, 0) is 55.2 Å². The summed E-state index contributed by atoms with van der Waals surface area (Å²) in [5, 5.41) is 18.7. The number of hydrogen-bond donors (Lipinski definition) is 2. The number of rotatable bonds is 4. The Kier molecular flexibility index (Phi) is 8.33. The summed E-state index contributed by atoms with van der Waals surface area (Å²) in [5.41, 5.74) is 4.41. The van der Waals surface area contributed by atoms with Gasteiger partial charge in [-0.1, -0.05) is 46.9 Å². The van der Waals surface area contributed by atoms with Crippen molar-refractivity contribution in [2.45, 2.75) is 31.4 Å². The fourth-order valence-electron chi connectivity index (χ4n) is 4.18. The maximum Gasteiger partial charge on any atom is 0.314 e. The van der Waals surface area contributed by atoms with Gasteiger partial charge in [-0.25, -0.2) is 4.59 Å². The van der Waals surface area contributed by atoms with Crippen LogP contribution in [0, 0.1) is 0 Å². The van der Waals surface area contributed by atoms with Gasteiger partial charge in [-0.15, -0.1) is 0 Å². The number of likely N-dealkylation sites (tertiary alicyclic amines) is 1. The van der Waals surface area contributed by atoms with Gasteiger partial charge in [0.05, 0.1) is 17.8 Å². The normalized spacial score (nSPS) is 22.2. The highest BCUT2D eigenvalue weighted by Gasteiger charge is 2.43. The molecule has 4 rings (SSSR count). The average molecular weight is 610 g/mol. The molecule has 0 saturated carbocycles. The lowest BCUT2D eigenvalue weighted by Gasteiger charge is -2.36. The second kappa shape index (κ2) is 10.4. The van der Waals surface area contributed by atoms with Gasteiger partial charge in [0.25, 0.3) is 0 Å². The van der Waals surface area contributed by atoms with Crippen LogP contribution in [-0.2, 0) is 4.79 Å². The monoisotopic (exact) mass is 608 g/mol. The lowest BCUT2D eigenvalue weighted by molar-refractivity contribution is -0.947. The smallest absolute Gasteiger partial charge is 0.314 e. The number of halogens is 4. The van der Waals surface area contributed by atoms with E-state index in [1.54, 1.807) is 35.3 Å². The van der Waals surface area contributed by atoms with Gasteiger partial charge in [0.2, 0.25) is 0 Å². The third kappa shape index (κ3) is 5.34. The van der Waals surface area contributed by atoms with E-state index in [4.69, 9.17) is 34.8 Å². The van der Waals surface area contributed by atoms with E-state index >= 15 is 0 Å². The highest BCUT2D eigenvalue weighted by atomic mass is 127. The maximum absolute atomic E-state index is 13.2. The van der Waals surface area contributed by atoms with E-state index < -0.39 is 12.1 Å². The van der Waals surface area contributed by atoms with Crippen LogP contribution in [0.5, 0.6) is 0 Å². The molecule has 2 aromatic rings. The fraction of sp³-hybridized carbons (Fsp3) is 0.364. The number of anilines is 1. The van der Waals surface area contributed by atoms with Crippen molar-refractivity contribution < 1.29 is 38.5 Å². The van der Waals surface area contributed by atoms with Gasteiger partial charge in [-0.2, -0.15) is 10.5 Å². The zero-order valence-electron chi connectivity index (χ0n) is 17.4. The average Bonchev–Trinajstić information content (AvgIpc) is 3.06. The molecule has 1 fully saturated rings. The molecule has 2 N–H and O–H groups in total. The van der Waals surface area contributed by atoms with Gasteiger partial charge in [0, 0.05) is 10.0 Å². The van der Waals surface area contributed by atoms with Crippen LogP contribution in [-0.4, -0.2) is 47.6 Å². The minimum atomic E-state index is -1.15. The Morgan fingerprint density at radius 3 is 2.31 bits per heavy atom. The molecule has 2 aliphatic rings. The molecule has 0 unspecified atom stereocenters. The number of nitrogens with one attached hydrogen (secondary N) is 1. The Morgan fingerprint density at radius 2 is 1.69 bits per heavy atom. The summed E-state index contributed by atoms with van der Waals surface area (Å²) in [6.07, 6.45) is 2.11. The second-order valence-corrected chi connectivity index (χ2v) is 9.49. The third-order valence-electron chi connectivity index (χ3n) is 5.83. The Bertz CT molecular complexity index is 1010. The number of amides is 1. The third-order valence-corrected chi connectivity index (χ3v) is 6.62. The molecule has 0 spiro atoms. The summed E-state index contributed by atoms with van der Waals surface area (Å²) < 4.78 is 0.428. The van der Waals surface area contributed by atoms with E-state index in [0.717, 1.165) is 37.9 Å². The van der Waals surface area contributed by atoms with Crippen molar-refractivity contribution in [3.8, 4) is 0 Å². The summed E-state index contributed by atoms with van der Waals surface area (Å²) in [7, 11) is 1.99. The van der Waals surface area contributed by atoms with Crippen LogP contribution in [0.1, 0.15) is 30.9 Å². The topological polar surface area (TPSA) is 64.9 Å². The van der Waals surface area contributed by atoms with Crippen molar-refractivity contribution in [2.75, 3.05) is 25.1 Å². The van der Waals surface area contributed by atoms with E-state index in [9.17, 15) is 9.90 Å².